The van der Waals surface area contributed by atoms with Gasteiger partial charge in [-0.05, 0) is 49.1 Å². The minimum Gasteiger partial charge on any atom is -0.481 e. The van der Waals surface area contributed by atoms with Crippen LogP contribution in [0.25, 0.3) is 44.2 Å². The molecule has 0 bridgehead atoms. The van der Waals surface area contributed by atoms with E-state index in [4.69, 9.17) is 9.15 Å². The van der Waals surface area contributed by atoms with Crippen molar-refractivity contribution in [2.75, 3.05) is 5.75 Å². The van der Waals surface area contributed by atoms with E-state index in [1.807, 2.05) is 36.4 Å². The molecule has 5 aromatic rings. The van der Waals surface area contributed by atoms with Crippen LogP contribution in [-0.2, 0) is 20.1 Å². The van der Waals surface area contributed by atoms with Gasteiger partial charge in [0, 0.05) is 27.8 Å². The molecule has 4 aromatic carbocycles. The zero-order valence-electron chi connectivity index (χ0n) is 22.1. The van der Waals surface area contributed by atoms with Crippen molar-refractivity contribution in [2.24, 2.45) is 5.92 Å². The third kappa shape index (κ3) is 5.86. The average Bonchev–Trinajstić information content (AvgIpc) is 3.29. The number of fused-ring (bicyclic) bond motifs is 3. The predicted molar refractivity (Wildman–Crippen MR) is 158 cm³/mol. The number of rotatable bonds is 8. The number of hydrogen-bond acceptors (Lipinski definition) is 5. The van der Waals surface area contributed by atoms with Crippen LogP contribution in [0.4, 0.5) is 0 Å². The number of para-hydroxylation sites is 2. The van der Waals surface area contributed by atoms with Crippen LogP contribution in [-0.4, -0.2) is 28.4 Å². The van der Waals surface area contributed by atoms with Gasteiger partial charge in [-0.3, -0.25) is 9.59 Å². The van der Waals surface area contributed by atoms with Crippen LogP contribution < -0.4 is 0 Å². The lowest BCUT2D eigenvalue weighted by Gasteiger charge is -2.22. The Bertz CT molecular complexity index is 1640. The normalized spacial score (nSPS) is 12.5. The zero-order chi connectivity index (χ0) is 27.6. The fourth-order valence-electron chi connectivity index (χ4n) is 4.63. The Morgan fingerprint density at radius 1 is 0.821 bits per heavy atom. The molecule has 5 nitrogen and oxygen atoms in total. The Morgan fingerprint density at radius 3 is 2.15 bits per heavy atom. The molecule has 1 N–H and O–H groups in total. The van der Waals surface area contributed by atoms with E-state index in [9.17, 15) is 14.7 Å². The molecular formula is C33H30O5S. The number of thioether (sulfide) groups is 1. The van der Waals surface area contributed by atoms with Crippen LogP contribution in [0.5, 0.6) is 0 Å². The number of aliphatic carboxylic acids is 1. The SMILES string of the molecule is CC(C)(C)OC(=O)C(CSCc1ccccc1-c1ccc(-c2cccc3c2oc2ccccc23)cc1)C(=O)O. The van der Waals surface area contributed by atoms with E-state index in [-0.39, 0.29) is 5.75 Å². The van der Waals surface area contributed by atoms with E-state index in [1.54, 1.807) is 20.8 Å². The fraction of sp³-hybridized carbons (Fsp3) is 0.212. The highest BCUT2D eigenvalue weighted by atomic mass is 32.2. The number of esters is 1. The van der Waals surface area contributed by atoms with Gasteiger partial charge in [0.25, 0.3) is 0 Å². The van der Waals surface area contributed by atoms with E-state index >= 15 is 0 Å². The van der Waals surface area contributed by atoms with Gasteiger partial charge in [0.2, 0.25) is 0 Å². The van der Waals surface area contributed by atoms with Crippen molar-refractivity contribution < 1.29 is 23.8 Å². The van der Waals surface area contributed by atoms with Crippen LogP contribution >= 0.6 is 11.8 Å². The third-order valence-corrected chi connectivity index (χ3v) is 7.54. The quantitative estimate of drug-likeness (QED) is 0.158. The number of carbonyl (C=O) groups excluding carboxylic acids is 1. The van der Waals surface area contributed by atoms with Crippen LogP contribution in [0.2, 0.25) is 0 Å². The van der Waals surface area contributed by atoms with E-state index in [2.05, 4.69) is 54.6 Å². The molecule has 1 aromatic heterocycles. The van der Waals surface area contributed by atoms with Crippen molar-refractivity contribution >= 4 is 45.6 Å². The molecule has 1 atom stereocenters. The lowest BCUT2D eigenvalue weighted by Crippen LogP contribution is -2.34. The maximum Gasteiger partial charge on any atom is 0.321 e. The van der Waals surface area contributed by atoms with Gasteiger partial charge in [-0.1, -0.05) is 84.9 Å². The van der Waals surface area contributed by atoms with Gasteiger partial charge in [0.15, 0.2) is 5.92 Å². The first kappa shape index (κ1) is 26.6. The van der Waals surface area contributed by atoms with Crippen LogP contribution in [0.15, 0.2) is 95.4 Å². The van der Waals surface area contributed by atoms with Gasteiger partial charge in [0.1, 0.15) is 16.8 Å². The summed E-state index contributed by atoms with van der Waals surface area (Å²) in [6, 6.07) is 30.8. The summed E-state index contributed by atoms with van der Waals surface area (Å²) in [6.45, 7) is 5.20. The predicted octanol–water partition coefficient (Wildman–Crippen LogP) is 8.20. The van der Waals surface area contributed by atoms with Crippen molar-refractivity contribution in [3.8, 4) is 22.3 Å². The Morgan fingerprint density at radius 2 is 1.44 bits per heavy atom. The van der Waals surface area contributed by atoms with Gasteiger partial charge in [-0.2, -0.15) is 11.8 Å². The molecule has 39 heavy (non-hydrogen) atoms. The number of carboxylic acid groups (broad SMARTS) is 1. The summed E-state index contributed by atoms with van der Waals surface area (Å²) in [7, 11) is 0. The Hall–Kier alpha value is -4.03. The van der Waals surface area contributed by atoms with Gasteiger partial charge in [-0.15, -0.1) is 0 Å². The van der Waals surface area contributed by atoms with E-state index in [0.29, 0.717) is 5.75 Å². The lowest BCUT2D eigenvalue weighted by molar-refractivity contribution is -0.165. The summed E-state index contributed by atoms with van der Waals surface area (Å²) in [5, 5.41) is 11.8. The first-order chi connectivity index (χ1) is 18.7. The number of carboxylic acids is 1. The molecule has 0 saturated carbocycles. The molecule has 0 aliphatic heterocycles. The largest absolute Gasteiger partial charge is 0.481 e. The van der Waals surface area contributed by atoms with Crippen LogP contribution in [0.3, 0.4) is 0 Å². The maximum absolute atomic E-state index is 12.4. The van der Waals surface area contributed by atoms with Crippen LogP contribution in [0.1, 0.15) is 26.3 Å². The smallest absolute Gasteiger partial charge is 0.321 e. The molecule has 0 aliphatic carbocycles. The summed E-state index contributed by atoms with van der Waals surface area (Å²) in [6.07, 6.45) is 0. The standard InChI is InChI=1S/C33H30O5S/c1-33(2,3)38-32(36)28(31(34)35)20-39-19-23-9-4-5-10-24(23)21-15-17-22(18-16-21)25-12-8-13-27-26-11-6-7-14-29(26)37-30(25)27/h4-18,28H,19-20H2,1-3H3,(H,34,35). The number of furan rings is 1. The van der Waals surface area contributed by atoms with Gasteiger partial charge < -0.3 is 14.3 Å². The highest BCUT2D eigenvalue weighted by Crippen LogP contribution is 2.37. The Labute approximate surface area is 231 Å². The van der Waals surface area contributed by atoms with E-state index in [0.717, 1.165) is 49.8 Å². The second-order valence-corrected chi connectivity index (χ2v) is 11.5. The zero-order valence-corrected chi connectivity index (χ0v) is 23.0. The minimum absolute atomic E-state index is 0.138. The summed E-state index contributed by atoms with van der Waals surface area (Å²) in [5.41, 5.74) is 6.34. The molecule has 0 fully saturated rings. The second-order valence-electron chi connectivity index (χ2n) is 10.5. The van der Waals surface area contributed by atoms with Crippen molar-refractivity contribution in [1.82, 2.24) is 0 Å². The number of benzene rings is 4. The number of hydrogen-bond donors (Lipinski definition) is 1. The summed E-state index contributed by atoms with van der Waals surface area (Å²) in [5.74, 6) is -2.37. The molecule has 0 saturated heterocycles. The molecule has 6 heteroatoms. The maximum atomic E-state index is 12.4. The Balaban J connectivity index is 1.35. The van der Waals surface area contributed by atoms with Gasteiger partial charge in [-0.25, -0.2) is 0 Å². The molecule has 1 unspecified atom stereocenters. The van der Waals surface area contributed by atoms with E-state index < -0.39 is 23.5 Å². The monoisotopic (exact) mass is 538 g/mol. The molecular weight excluding hydrogens is 508 g/mol. The second kappa shape index (κ2) is 11.0. The van der Waals surface area contributed by atoms with Crippen molar-refractivity contribution in [1.29, 1.82) is 0 Å². The summed E-state index contributed by atoms with van der Waals surface area (Å²) in [4.78, 5) is 24.1. The molecule has 1 heterocycles. The topological polar surface area (TPSA) is 76.7 Å². The Kier molecular flexibility index (Phi) is 7.49. The molecule has 0 aliphatic rings. The molecule has 5 rings (SSSR count). The third-order valence-electron chi connectivity index (χ3n) is 6.46. The minimum atomic E-state index is -1.21. The first-order valence-corrected chi connectivity index (χ1v) is 14.0. The molecule has 0 radical (unpaired) electrons. The first-order valence-electron chi connectivity index (χ1n) is 12.8. The van der Waals surface area contributed by atoms with E-state index in [1.165, 1.54) is 11.8 Å². The average molecular weight is 539 g/mol. The van der Waals surface area contributed by atoms with Crippen molar-refractivity contribution in [2.45, 2.75) is 32.1 Å². The van der Waals surface area contributed by atoms with Gasteiger partial charge >= 0.3 is 11.9 Å². The highest BCUT2D eigenvalue weighted by Gasteiger charge is 2.31. The van der Waals surface area contributed by atoms with Crippen LogP contribution in [0, 0.1) is 5.92 Å². The molecule has 0 amide bonds. The lowest BCUT2D eigenvalue weighted by atomic mass is 9.97. The van der Waals surface area contributed by atoms with Crippen molar-refractivity contribution in [3.63, 3.8) is 0 Å². The number of carbonyl (C=O) groups is 2. The summed E-state index contributed by atoms with van der Waals surface area (Å²) < 4.78 is 11.5. The number of ether oxygens (including phenoxy) is 1. The highest BCUT2D eigenvalue weighted by molar-refractivity contribution is 7.98. The summed E-state index contributed by atoms with van der Waals surface area (Å²) >= 11 is 1.42. The molecule has 198 valence electrons. The van der Waals surface area contributed by atoms with Gasteiger partial charge in [0.05, 0.1) is 0 Å². The molecule has 0 spiro atoms. The fourth-order valence-corrected chi connectivity index (χ4v) is 5.74. The van der Waals surface area contributed by atoms with Crippen molar-refractivity contribution in [3.05, 3.63) is 96.6 Å².